The molecule has 9 heteroatoms. The first-order chi connectivity index (χ1) is 15.5. The van der Waals surface area contributed by atoms with Crippen LogP contribution in [0.2, 0.25) is 0 Å². The van der Waals surface area contributed by atoms with Crippen LogP contribution in [0.1, 0.15) is 44.7 Å². The number of sulfonamides is 1. The minimum Gasteiger partial charge on any atom is -0.497 e. The Balaban J connectivity index is 1.64. The van der Waals surface area contributed by atoms with Gasteiger partial charge in [-0.25, -0.2) is 8.42 Å². The molecule has 0 unspecified atom stereocenters. The van der Waals surface area contributed by atoms with E-state index in [1.54, 1.807) is 38.5 Å². The van der Waals surface area contributed by atoms with Gasteiger partial charge in [-0.2, -0.15) is 0 Å². The SMILES string of the molecule is COc1ccc(N(CCCC(=O)N[C@H]2CC(C)(C)Oc3cc(OC)ccc32)S(C)(=O)=O)cc1. The van der Waals surface area contributed by atoms with E-state index >= 15 is 0 Å². The fourth-order valence-electron chi connectivity index (χ4n) is 3.97. The van der Waals surface area contributed by atoms with Crippen LogP contribution in [-0.4, -0.2) is 46.9 Å². The van der Waals surface area contributed by atoms with Crippen LogP contribution < -0.4 is 23.8 Å². The van der Waals surface area contributed by atoms with Gasteiger partial charge in [-0.3, -0.25) is 9.10 Å². The summed E-state index contributed by atoms with van der Waals surface area (Å²) in [7, 11) is -0.342. The average Bonchev–Trinajstić information content (AvgIpc) is 2.74. The van der Waals surface area contributed by atoms with Crippen molar-refractivity contribution in [2.45, 2.75) is 44.8 Å². The van der Waals surface area contributed by atoms with Gasteiger partial charge in [0.05, 0.1) is 32.2 Å². The van der Waals surface area contributed by atoms with Crippen molar-refractivity contribution in [1.29, 1.82) is 0 Å². The normalized spacial score (nSPS) is 16.8. The monoisotopic (exact) mass is 476 g/mol. The van der Waals surface area contributed by atoms with Gasteiger partial charge in [0.1, 0.15) is 22.8 Å². The Morgan fingerprint density at radius 1 is 1.12 bits per heavy atom. The van der Waals surface area contributed by atoms with Gasteiger partial charge < -0.3 is 19.5 Å². The third-order valence-corrected chi connectivity index (χ3v) is 6.73. The highest BCUT2D eigenvalue weighted by atomic mass is 32.2. The Kier molecular flexibility index (Phi) is 7.41. The van der Waals surface area contributed by atoms with Crippen LogP contribution in [-0.2, 0) is 14.8 Å². The quantitative estimate of drug-likeness (QED) is 0.594. The fraction of sp³-hybridized carbons (Fsp3) is 0.458. The van der Waals surface area contributed by atoms with Gasteiger partial charge in [-0.05, 0) is 56.7 Å². The number of hydrogen-bond donors (Lipinski definition) is 1. The van der Waals surface area contributed by atoms with E-state index in [4.69, 9.17) is 14.2 Å². The molecule has 1 heterocycles. The number of benzene rings is 2. The molecule has 2 aromatic carbocycles. The number of carbonyl (C=O) groups excluding carboxylic acids is 1. The zero-order valence-electron chi connectivity index (χ0n) is 19.8. The van der Waals surface area contributed by atoms with Crippen LogP contribution in [0, 0.1) is 0 Å². The van der Waals surface area contributed by atoms with Gasteiger partial charge in [-0.15, -0.1) is 0 Å². The standard InChI is InChI=1S/C24H32N2O6S/c1-24(2)16-21(20-13-12-19(31-4)15-22(20)32-24)25-23(27)7-6-14-26(33(5,28)29)17-8-10-18(30-3)11-9-17/h8-13,15,21H,6-7,14,16H2,1-5H3,(H,25,27)/t21-/m0/s1. The molecule has 0 saturated heterocycles. The molecule has 1 aliphatic rings. The summed E-state index contributed by atoms with van der Waals surface area (Å²) in [5.74, 6) is 1.89. The molecule has 2 aromatic rings. The molecule has 0 fully saturated rings. The van der Waals surface area contributed by atoms with E-state index in [1.807, 2.05) is 32.0 Å². The van der Waals surface area contributed by atoms with Gasteiger partial charge in [0.25, 0.3) is 0 Å². The van der Waals surface area contributed by atoms with E-state index in [2.05, 4.69) is 5.32 Å². The Morgan fingerprint density at radius 2 is 1.76 bits per heavy atom. The molecule has 180 valence electrons. The fourth-order valence-corrected chi connectivity index (χ4v) is 4.94. The Morgan fingerprint density at radius 3 is 2.36 bits per heavy atom. The third kappa shape index (κ3) is 6.31. The molecule has 0 aliphatic carbocycles. The molecule has 33 heavy (non-hydrogen) atoms. The summed E-state index contributed by atoms with van der Waals surface area (Å²) in [6.45, 7) is 4.16. The van der Waals surface area contributed by atoms with Crippen LogP contribution in [0.3, 0.4) is 0 Å². The largest absolute Gasteiger partial charge is 0.497 e. The van der Waals surface area contributed by atoms with E-state index in [0.29, 0.717) is 35.8 Å². The molecule has 8 nitrogen and oxygen atoms in total. The molecule has 0 spiro atoms. The second-order valence-electron chi connectivity index (χ2n) is 8.73. The first-order valence-corrected chi connectivity index (χ1v) is 12.7. The summed E-state index contributed by atoms with van der Waals surface area (Å²) in [5, 5.41) is 3.09. The van der Waals surface area contributed by atoms with Crippen LogP contribution in [0.25, 0.3) is 0 Å². The Bertz CT molecular complexity index is 1080. The predicted octanol–water partition coefficient (Wildman–Crippen LogP) is 3.67. The number of anilines is 1. The first-order valence-electron chi connectivity index (χ1n) is 10.8. The van der Waals surface area contributed by atoms with E-state index in [-0.39, 0.29) is 24.9 Å². The van der Waals surface area contributed by atoms with Crippen LogP contribution in [0.5, 0.6) is 17.2 Å². The number of nitrogens with zero attached hydrogens (tertiary/aromatic N) is 1. The molecule has 1 N–H and O–H groups in total. The molecule has 0 bridgehead atoms. The van der Waals surface area contributed by atoms with Gasteiger partial charge >= 0.3 is 0 Å². The number of carbonyl (C=O) groups is 1. The number of nitrogens with one attached hydrogen (secondary N) is 1. The van der Waals surface area contributed by atoms with E-state index < -0.39 is 15.6 Å². The molecule has 0 aromatic heterocycles. The summed E-state index contributed by atoms with van der Waals surface area (Å²) < 4.78 is 42.4. The number of rotatable bonds is 9. The lowest BCUT2D eigenvalue weighted by Crippen LogP contribution is -2.41. The Labute approximate surface area is 195 Å². The van der Waals surface area contributed by atoms with Crippen LogP contribution in [0.4, 0.5) is 5.69 Å². The molecular weight excluding hydrogens is 444 g/mol. The maximum atomic E-state index is 12.7. The molecule has 3 rings (SSSR count). The van der Waals surface area contributed by atoms with Crippen molar-refractivity contribution in [3.05, 3.63) is 48.0 Å². The van der Waals surface area contributed by atoms with Crippen molar-refractivity contribution >= 4 is 21.6 Å². The van der Waals surface area contributed by atoms with Crippen molar-refractivity contribution in [2.24, 2.45) is 0 Å². The van der Waals surface area contributed by atoms with E-state index in [9.17, 15) is 13.2 Å². The molecule has 1 amide bonds. The number of ether oxygens (including phenoxy) is 3. The van der Waals surface area contributed by atoms with Crippen molar-refractivity contribution in [1.82, 2.24) is 5.32 Å². The first kappa shape index (κ1) is 24.7. The second kappa shape index (κ2) is 9.91. The minimum atomic E-state index is -3.49. The van der Waals surface area contributed by atoms with Crippen molar-refractivity contribution < 1.29 is 27.4 Å². The van der Waals surface area contributed by atoms with Gasteiger partial charge in [0, 0.05) is 31.0 Å². The molecule has 1 aliphatic heterocycles. The lowest BCUT2D eigenvalue weighted by Gasteiger charge is -2.38. The van der Waals surface area contributed by atoms with E-state index in [1.165, 1.54) is 4.31 Å². The molecular formula is C24H32N2O6S. The highest BCUT2D eigenvalue weighted by Crippen LogP contribution is 2.41. The summed E-state index contributed by atoms with van der Waals surface area (Å²) in [6.07, 6.45) is 2.37. The molecule has 0 saturated carbocycles. The van der Waals surface area contributed by atoms with E-state index in [0.717, 1.165) is 11.8 Å². The lowest BCUT2D eigenvalue weighted by molar-refractivity contribution is -0.122. The summed E-state index contributed by atoms with van der Waals surface area (Å²) in [6, 6.07) is 12.2. The average molecular weight is 477 g/mol. The maximum absolute atomic E-state index is 12.7. The zero-order valence-corrected chi connectivity index (χ0v) is 20.6. The van der Waals surface area contributed by atoms with Crippen LogP contribution in [0.15, 0.2) is 42.5 Å². The highest BCUT2D eigenvalue weighted by molar-refractivity contribution is 7.92. The summed E-state index contributed by atoms with van der Waals surface area (Å²) >= 11 is 0. The summed E-state index contributed by atoms with van der Waals surface area (Å²) in [4.78, 5) is 12.7. The van der Waals surface area contributed by atoms with Gasteiger partial charge in [0.15, 0.2) is 0 Å². The zero-order chi connectivity index (χ0) is 24.2. The smallest absolute Gasteiger partial charge is 0.232 e. The van der Waals surface area contributed by atoms with Gasteiger partial charge in [-0.1, -0.05) is 0 Å². The number of amides is 1. The lowest BCUT2D eigenvalue weighted by atomic mass is 9.89. The van der Waals surface area contributed by atoms with Gasteiger partial charge in [0.2, 0.25) is 15.9 Å². The topological polar surface area (TPSA) is 94.2 Å². The number of methoxy groups -OCH3 is 2. The maximum Gasteiger partial charge on any atom is 0.232 e. The summed E-state index contributed by atoms with van der Waals surface area (Å²) in [5.41, 5.74) is 0.992. The van der Waals surface area contributed by atoms with Crippen molar-refractivity contribution in [2.75, 3.05) is 31.3 Å². The van der Waals surface area contributed by atoms with Crippen LogP contribution >= 0.6 is 0 Å². The number of fused-ring (bicyclic) bond motifs is 1. The predicted molar refractivity (Wildman–Crippen MR) is 128 cm³/mol. The third-order valence-electron chi connectivity index (χ3n) is 5.54. The highest BCUT2D eigenvalue weighted by Gasteiger charge is 2.34. The Hall–Kier alpha value is -2.94. The second-order valence-corrected chi connectivity index (χ2v) is 10.6. The molecule has 1 atom stereocenters. The van der Waals surface area contributed by atoms with Crippen molar-refractivity contribution in [3.63, 3.8) is 0 Å². The number of hydrogen-bond acceptors (Lipinski definition) is 6. The minimum absolute atomic E-state index is 0.136. The van der Waals surface area contributed by atoms with Crippen molar-refractivity contribution in [3.8, 4) is 17.2 Å². The molecule has 0 radical (unpaired) electrons.